The Morgan fingerprint density at radius 1 is 1.53 bits per heavy atom. The molecule has 0 aromatic carbocycles. The summed E-state index contributed by atoms with van der Waals surface area (Å²) in [6, 6.07) is 1.50. The van der Waals surface area contributed by atoms with E-state index in [9.17, 15) is 4.79 Å². The maximum Gasteiger partial charge on any atom is 0.242 e. The monoisotopic (exact) mass is 265 g/mol. The van der Waals surface area contributed by atoms with E-state index in [-0.39, 0.29) is 17.9 Å². The molecule has 7 nitrogen and oxygen atoms in total. The lowest BCUT2D eigenvalue weighted by Gasteiger charge is -2.35. The minimum atomic E-state index is -0.210. The molecule has 7 heteroatoms. The lowest BCUT2D eigenvalue weighted by Crippen LogP contribution is -2.49. The molecule has 1 aliphatic heterocycles. The summed E-state index contributed by atoms with van der Waals surface area (Å²) >= 11 is 0. The Morgan fingerprint density at radius 2 is 2.32 bits per heavy atom. The first-order chi connectivity index (χ1) is 9.15. The van der Waals surface area contributed by atoms with Crippen LogP contribution in [0.1, 0.15) is 19.3 Å². The van der Waals surface area contributed by atoms with Gasteiger partial charge < -0.3 is 20.7 Å². The number of rotatable bonds is 3. The smallest absolute Gasteiger partial charge is 0.242 e. The van der Waals surface area contributed by atoms with Crippen LogP contribution in [0.5, 0.6) is 5.88 Å². The van der Waals surface area contributed by atoms with Gasteiger partial charge in [0.2, 0.25) is 17.7 Å². The fourth-order valence-electron chi connectivity index (χ4n) is 2.33. The van der Waals surface area contributed by atoms with Gasteiger partial charge in [0, 0.05) is 19.7 Å². The second kappa shape index (κ2) is 5.73. The summed E-state index contributed by atoms with van der Waals surface area (Å²) in [5.74, 6) is 1.19. The van der Waals surface area contributed by atoms with E-state index < -0.39 is 0 Å². The number of nitrogens with one attached hydrogen (secondary N) is 1. The number of carbonyl (C=O) groups excluding carboxylic acids is 1. The lowest BCUT2D eigenvalue weighted by molar-refractivity contribution is -0.122. The van der Waals surface area contributed by atoms with Crippen LogP contribution < -0.4 is 20.7 Å². The van der Waals surface area contributed by atoms with E-state index in [1.54, 1.807) is 13.1 Å². The first-order valence-electron chi connectivity index (χ1n) is 6.32. The Kier molecular flexibility index (Phi) is 4.03. The average molecular weight is 265 g/mol. The molecule has 1 amide bonds. The van der Waals surface area contributed by atoms with Crippen LogP contribution in [0.3, 0.4) is 0 Å². The molecule has 1 atom stereocenters. The Labute approximate surface area is 112 Å². The number of nitrogen functional groups attached to an aromatic ring is 1. The number of hydrogen-bond acceptors (Lipinski definition) is 6. The van der Waals surface area contributed by atoms with E-state index in [4.69, 9.17) is 10.5 Å². The third kappa shape index (κ3) is 2.86. The van der Waals surface area contributed by atoms with Crippen molar-refractivity contribution in [3.8, 4) is 5.88 Å². The van der Waals surface area contributed by atoms with Crippen molar-refractivity contribution in [2.24, 2.45) is 0 Å². The van der Waals surface area contributed by atoms with Gasteiger partial charge in [-0.05, 0) is 19.3 Å². The zero-order chi connectivity index (χ0) is 13.8. The van der Waals surface area contributed by atoms with E-state index in [2.05, 4.69) is 15.3 Å². The van der Waals surface area contributed by atoms with Crippen molar-refractivity contribution in [1.82, 2.24) is 15.3 Å². The van der Waals surface area contributed by atoms with Crippen molar-refractivity contribution in [1.29, 1.82) is 0 Å². The predicted octanol–water partition coefficient (Wildman–Crippen LogP) is 0.172. The van der Waals surface area contributed by atoms with Gasteiger partial charge in [0.15, 0.2) is 0 Å². The van der Waals surface area contributed by atoms with Crippen LogP contribution in [0.25, 0.3) is 0 Å². The number of carbonyl (C=O) groups is 1. The van der Waals surface area contributed by atoms with Crippen molar-refractivity contribution >= 4 is 17.7 Å². The van der Waals surface area contributed by atoms with Crippen LogP contribution in [-0.2, 0) is 4.79 Å². The molecule has 3 N–H and O–H groups in total. The fraction of sp³-hybridized carbons (Fsp3) is 0.583. The molecule has 0 saturated carbocycles. The number of hydrogen-bond donors (Lipinski definition) is 2. The molecule has 1 aromatic heterocycles. The van der Waals surface area contributed by atoms with Crippen LogP contribution in [0.2, 0.25) is 0 Å². The van der Waals surface area contributed by atoms with Crippen LogP contribution in [0, 0.1) is 0 Å². The van der Waals surface area contributed by atoms with E-state index in [0.29, 0.717) is 11.7 Å². The number of nitrogens with zero attached hydrogens (tertiary/aromatic N) is 3. The molecular weight excluding hydrogens is 246 g/mol. The van der Waals surface area contributed by atoms with E-state index in [0.717, 1.165) is 25.8 Å². The number of piperidine rings is 1. The minimum Gasteiger partial charge on any atom is -0.481 e. The Morgan fingerprint density at radius 3 is 3.00 bits per heavy atom. The highest BCUT2D eigenvalue weighted by Crippen LogP contribution is 2.26. The lowest BCUT2D eigenvalue weighted by atomic mass is 10.0. The van der Waals surface area contributed by atoms with Crippen molar-refractivity contribution in [3.05, 3.63) is 6.07 Å². The zero-order valence-electron chi connectivity index (χ0n) is 11.2. The fourth-order valence-corrected chi connectivity index (χ4v) is 2.33. The summed E-state index contributed by atoms with van der Waals surface area (Å²) in [7, 11) is 3.17. The SMILES string of the molecule is CNC(=O)C1CCCCN1c1cc(OC)nc(N)n1. The Bertz CT molecular complexity index is 465. The van der Waals surface area contributed by atoms with E-state index >= 15 is 0 Å². The highest BCUT2D eigenvalue weighted by molar-refractivity contribution is 5.85. The molecule has 1 saturated heterocycles. The Hall–Kier alpha value is -2.05. The molecule has 0 spiro atoms. The van der Waals surface area contributed by atoms with Gasteiger partial charge in [0.25, 0.3) is 0 Å². The van der Waals surface area contributed by atoms with Crippen LogP contribution in [0.15, 0.2) is 6.07 Å². The highest BCUT2D eigenvalue weighted by atomic mass is 16.5. The van der Waals surface area contributed by atoms with Gasteiger partial charge >= 0.3 is 0 Å². The number of aromatic nitrogens is 2. The maximum atomic E-state index is 11.9. The number of amides is 1. The molecule has 0 bridgehead atoms. The van der Waals surface area contributed by atoms with E-state index in [1.165, 1.54) is 7.11 Å². The molecule has 1 aliphatic rings. The van der Waals surface area contributed by atoms with E-state index in [1.807, 2.05) is 4.90 Å². The van der Waals surface area contributed by atoms with Crippen molar-refractivity contribution in [2.45, 2.75) is 25.3 Å². The normalized spacial score (nSPS) is 19.1. The summed E-state index contributed by atoms with van der Waals surface area (Å²) in [5.41, 5.74) is 5.67. The standard InChI is InChI=1S/C12H19N5O2/c1-14-11(18)8-5-3-4-6-17(8)9-7-10(19-2)16-12(13)15-9/h7-8H,3-6H2,1-2H3,(H,14,18)(H2,13,15,16). The number of ether oxygens (including phenoxy) is 1. The number of methoxy groups -OCH3 is 1. The van der Waals surface area contributed by atoms with Crippen LogP contribution in [-0.4, -0.2) is 42.6 Å². The maximum absolute atomic E-state index is 11.9. The number of nitrogens with two attached hydrogens (primary N) is 1. The molecule has 1 fully saturated rings. The predicted molar refractivity (Wildman–Crippen MR) is 72.0 cm³/mol. The number of anilines is 2. The Balaban J connectivity index is 2.31. The molecular formula is C12H19N5O2. The highest BCUT2D eigenvalue weighted by Gasteiger charge is 2.29. The van der Waals surface area contributed by atoms with Gasteiger partial charge in [0.05, 0.1) is 7.11 Å². The van der Waals surface area contributed by atoms with Crippen LogP contribution in [0.4, 0.5) is 11.8 Å². The number of likely N-dealkylation sites (N-methyl/N-ethyl adjacent to an activating group) is 1. The average Bonchev–Trinajstić information content (AvgIpc) is 2.45. The molecule has 1 aromatic rings. The van der Waals surface area contributed by atoms with Gasteiger partial charge in [-0.25, -0.2) is 0 Å². The second-order valence-electron chi connectivity index (χ2n) is 4.45. The molecule has 104 valence electrons. The van der Waals surface area contributed by atoms with Gasteiger partial charge in [0.1, 0.15) is 11.9 Å². The van der Waals surface area contributed by atoms with Gasteiger partial charge in [-0.1, -0.05) is 0 Å². The van der Waals surface area contributed by atoms with Crippen molar-refractivity contribution in [2.75, 3.05) is 31.3 Å². The third-order valence-corrected chi connectivity index (χ3v) is 3.26. The van der Waals surface area contributed by atoms with Crippen molar-refractivity contribution in [3.63, 3.8) is 0 Å². The summed E-state index contributed by atoms with van der Waals surface area (Å²) < 4.78 is 5.09. The van der Waals surface area contributed by atoms with Crippen molar-refractivity contribution < 1.29 is 9.53 Å². The first kappa shape index (κ1) is 13.4. The molecule has 2 heterocycles. The van der Waals surface area contributed by atoms with Crippen LogP contribution >= 0.6 is 0 Å². The molecule has 0 radical (unpaired) electrons. The largest absolute Gasteiger partial charge is 0.481 e. The quantitative estimate of drug-likeness (QED) is 0.809. The van der Waals surface area contributed by atoms with Gasteiger partial charge in [-0.2, -0.15) is 9.97 Å². The topological polar surface area (TPSA) is 93.4 Å². The van der Waals surface area contributed by atoms with Gasteiger partial charge in [-0.15, -0.1) is 0 Å². The zero-order valence-corrected chi connectivity index (χ0v) is 11.2. The first-order valence-corrected chi connectivity index (χ1v) is 6.32. The second-order valence-corrected chi connectivity index (χ2v) is 4.45. The summed E-state index contributed by atoms with van der Waals surface area (Å²) in [4.78, 5) is 22.1. The summed E-state index contributed by atoms with van der Waals surface area (Å²) in [6.07, 6.45) is 2.87. The third-order valence-electron chi connectivity index (χ3n) is 3.26. The molecule has 1 unspecified atom stereocenters. The molecule has 0 aliphatic carbocycles. The molecule has 19 heavy (non-hydrogen) atoms. The minimum absolute atomic E-state index is 0.00384. The molecule has 2 rings (SSSR count). The van der Waals surface area contributed by atoms with Gasteiger partial charge in [-0.3, -0.25) is 4.79 Å². The summed E-state index contributed by atoms with van der Waals surface area (Å²) in [5, 5.41) is 2.69. The summed E-state index contributed by atoms with van der Waals surface area (Å²) in [6.45, 7) is 0.775.